The van der Waals surface area contributed by atoms with E-state index in [0.717, 1.165) is 24.3 Å². The second-order valence-electron chi connectivity index (χ2n) is 5.08. The van der Waals surface area contributed by atoms with E-state index in [-0.39, 0.29) is 6.04 Å². The van der Waals surface area contributed by atoms with Crippen molar-refractivity contribution in [1.82, 2.24) is 5.16 Å². The van der Waals surface area contributed by atoms with Crippen molar-refractivity contribution in [3.8, 4) is 0 Å². The molecule has 0 radical (unpaired) electrons. The van der Waals surface area contributed by atoms with Crippen LogP contribution in [0.1, 0.15) is 51.1 Å². The zero-order valence-electron chi connectivity index (χ0n) is 9.50. The molecule has 3 nitrogen and oxygen atoms in total. The van der Waals surface area contributed by atoms with E-state index in [1.807, 2.05) is 13.0 Å². The van der Waals surface area contributed by atoms with E-state index >= 15 is 0 Å². The number of nitrogens with zero attached hydrogens (tertiary/aromatic N) is 1. The van der Waals surface area contributed by atoms with Crippen LogP contribution in [0.4, 0.5) is 0 Å². The minimum absolute atomic E-state index is 0.0181. The molecule has 0 aliphatic rings. The summed E-state index contributed by atoms with van der Waals surface area (Å²) in [7, 11) is 0. The summed E-state index contributed by atoms with van der Waals surface area (Å²) in [6, 6.07) is 1.89. The van der Waals surface area contributed by atoms with Gasteiger partial charge < -0.3 is 10.3 Å². The molecule has 3 heteroatoms. The second kappa shape index (κ2) is 4.13. The fraction of sp³-hybridized carbons (Fsp3) is 0.727. The van der Waals surface area contributed by atoms with Gasteiger partial charge in [0.05, 0.1) is 11.7 Å². The molecule has 0 saturated heterocycles. The van der Waals surface area contributed by atoms with E-state index in [1.165, 1.54) is 0 Å². The lowest BCUT2D eigenvalue weighted by molar-refractivity contribution is 0.312. The molecule has 1 heterocycles. The molecule has 14 heavy (non-hydrogen) atoms. The molecule has 0 saturated carbocycles. The Bertz CT molecular complexity index is 286. The summed E-state index contributed by atoms with van der Waals surface area (Å²) in [5.41, 5.74) is 7.20. The van der Waals surface area contributed by atoms with Gasteiger partial charge in [0.2, 0.25) is 0 Å². The molecule has 1 aromatic rings. The van der Waals surface area contributed by atoms with Crippen LogP contribution in [0.5, 0.6) is 0 Å². The third-order valence-electron chi connectivity index (χ3n) is 2.22. The number of hydrogen-bond acceptors (Lipinski definition) is 3. The lowest BCUT2D eigenvalue weighted by Crippen LogP contribution is -2.14. The standard InChI is InChI=1S/C11H20N2O/c1-8-7-10(14-13-8)9(12)5-6-11(2,3)4/h7,9H,5-6,12H2,1-4H3. The Kier molecular flexibility index (Phi) is 3.32. The Labute approximate surface area is 85.7 Å². The van der Waals surface area contributed by atoms with Crippen LogP contribution >= 0.6 is 0 Å². The third kappa shape index (κ3) is 3.50. The Hall–Kier alpha value is -0.830. The second-order valence-corrected chi connectivity index (χ2v) is 5.08. The van der Waals surface area contributed by atoms with Gasteiger partial charge in [-0.1, -0.05) is 25.9 Å². The number of rotatable bonds is 3. The summed E-state index contributed by atoms with van der Waals surface area (Å²) >= 11 is 0. The maximum Gasteiger partial charge on any atom is 0.153 e. The van der Waals surface area contributed by atoms with Crippen molar-refractivity contribution in [3.63, 3.8) is 0 Å². The van der Waals surface area contributed by atoms with Crippen molar-refractivity contribution in [2.45, 2.75) is 46.6 Å². The van der Waals surface area contributed by atoms with Crippen molar-refractivity contribution >= 4 is 0 Å². The van der Waals surface area contributed by atoms with Gasteiger partial charge in [0.1, 0.15) is 0 Å². The van der Waals surface area contributed by atoms with Crippen LogP contribution in [0.2, 0.25) is 0 Å². The number of aryl methyl sites for hydroxylation is 1. The van der Waals surface area contributed by atoms with Crippen LogP contribution < -0.4 is 5.73 Å². The summed E-state index contributed by atoms with van der Waals surface area (Å²) in [6.45, 7) is 8.55. The number of nitrogens with two attached hydrogens (primary N) is 1. The summed E-state index contributed by atoms with van der Waals surface area (Å²) in [5, 5.41) is 3.83. The van der Waals surface area contributed by atoms with Crippen LogP contribution in [0.15, 0.2) is 10.6 Å². The van der Waals surface area contributed by atoms with Crippen molar-refractivity contribution in [2.75, 3.05) is 0 Å². The first kappa shape index (κ1) is 11.2. The fourth-order valence-electron chi connectivity index (χ4n) is 1.29. The van der Waals surface area contributed by atoms with Gasteiger partial charge in [0, 0.05) is 6.07 Å². The minimum Gasteiger partial charge on any atom is -0.359 e. The van der Waals surface area contributed by atoms with E-state index in [9.17, 15) is 0 Å². The van der Waals surface area contributed by atoms with E-state index in [1.54, 1.807) is 0 Å². The first-order chi connectivity index (χ1) is 6.38. The first-order valence-electron chi connectivity index (χ1n) is 5.07. The molecule has 0 amide bonds. The maximum absolute atomic E-state index is 5.98. The van der Waals surface area contributed by atoms with E-state index in [0.29, 0.717) is 5.41 Å². The van der Waals surface area contributed by atoms with Crippen molar-refractivity contribution in [3.05, 3.63) is 17.5 Å². The van der Waals surface area contributed by atoms with Crippen LogP contribution in [0.3, 0.4) is 0 Å². The zero-order chi connectivity index (χ0) is 10.8. The lowest BCUT2D eigenvalue weighted by Gasteiger charge is -2.19. The Morgan fingerprint density at radius 2 is 2.14 bits per heavy atom. The van der Waals surface area contributed by atoms with Crippen LogP contribution in [-0.4, -0.2) is 5.16 Å². The van der Waals surface area contributed by atoms with E-state index in [4.69, 9.17) is 10.3 Å². The molecule has 0 bridgehead atoms. The van der Waals surface area contributed by atoms with Gasteiger partial charge in [-0.05, 0) is 25.2 Å². The molecule has 2 N–H and O–H groups in total. The maximum atomic E-state index is 5.98. The smallest absolute Gasteiger partial charge is 0.153 e. The fourth-order valence-corrected chi connectivity index (χ4v) is 1.29. The SMILES string of the molecule is Cc1cc(C(N)CCC(C)(C)C)on1. The van der Waals surface area contributed by atoms with Crippen LogP contribution in [0, 0.1) is 12.3 Å². The molecule has 0 aliphatic carbocycles. The summed E-state index contributed by atoms with van der Waals surface area (Å²) in [4.78, 5) is 0. The topological polar surface area (TPSA) is 52.0 Å². The molecular formula is C11H20N2O. The molecule has 1 aromatic heterocycles. The zero-order valence-corrected chi connectivity index (χ0v) is 9.50. The molecule has 1 unspecified atom stereocenters. The highest BCUT2D eigenvalue weighted by atomic mass is 16.5. The molecule has 0 aromatic carbocycles. The molecule has 1 atom stereocenters. The Morgan fingerprint density at radius 3 is 2.57 bits per heavy atom. The van der Waals surface area contributed by atoms with Crippen LogP contribution in [-0.2, 0) is 0 Å². The highest BCUT2D eigenvalue weighted by molar-refractivity contribution is 5.06. The lowest BCUT2D eigenvalue weighted by atomic mass is 9.88. The quantitative estimate of drug-likeness (QED) is 0.808. The highest BCUT2D eigenvalue weighted by Crippen LogP contribution is 2.26. The summed E-state index contributed by atoms with van der Waals surface area (Å²) < 4.78 is 5.12. The first-order valence-corrected chi connectivity index (χ1v) is 5.07. The van der Waals surface area contributed by atoms with Gasteiger partial charge in [-0.25, -0.2) is 0 Å². The predicted octanol–water partition coefficient (Wildman–Crippen LogP) is 2.81. The summed E-state index contributed by atoms with van der Waals surface area (Å²) in [5.74, 6) is 0.798. The third-order valence-corrected chi connectivity index (χ3v) is 2.22. The monoisotopic (exact) mass is 196 g/mol. The Morgan fingerprint density at radius 1 is 1.50 bits per heavy atom. The number of aromatic nitrogens is 1. The van der Waals surface area contributed by atoms with Gasteiger partial charge in [0.15, 0.2) is 5.76 Å². The van der Waals surface area contributed by atoms with Gasteiger partial charge >= 0.3 is 0 Å². The number of hydrogen-bond donors (Lipinski definition) is 1. The molecule has 0 fully saturated rings. The van der Waals surface area contributed by atoms with E-state index in [2.05, 4.69) is 25.9 Å². The van der Waals surface area contributed by atoms with Crippen molar-refractivity contribution in [2.24, 2.45) is 11.1 Å². The van der Waals surface area contributed by atoms with Gasteiger partial charge in [-0.2, -0.15) is 0 Å². The van der Waals surface area contributed by atoms with E-state index < -0.39 is 0 Å². The molecular weight excluding hydrogens is 176 g/mol. The van der Waals surface area contributed by atoms with Gasteiger partial charge in [-0.3, -0.25) is 0 Å². The molecule has 0 spiro atoms. The van der Waals surface area contributed by atoms with Gasteiger partial charge in [-0.15, -0.1) is 0 Å². The summed E-state index contributed by atoms with van der Waals surface area (Å²) in [6.07, 6.45) is 2.03. The highest BCUT2D eigenvalue weighted by Gasteiger charge is 2.16. The average molecular weight is 196 g/mol. The predicted molar refractivity (Wildman–Crippen MR) is 56.9 cm³/mol. The normalized spacial score (nSPS) is 14.4. The van der Waals surface area contributed by atoms with Crippen molar-refractivity contribution in [1.29, 1.82) is 0 Å². The van der Waals surface area contributed by atoms with Crippen LogP contribution in [0.25, 0.3) is 0 Å². The average Bonchev–Trinajstić information content (AvgIpc) is 2.46. The molecule has 0 aliphatic heterocycles. The van der Waals surface area contributed by atoms with Gasteiger partial charge in [0.25, 0.3) is 0 Å². The Balaban J connectivity index is 2.47. The largest absolute Gasteiger partial charge is 0.359 e. The minimum atomic E-state index is -0.0181. The molecule has 80 valence electrons. The van der Waals surface area contributed by atoms with Crippen molar-refractivity contribution < 1.29 is 4.52 Å². The molecule has 1 rings (SSSR count).